The van der Waals surface area contributed by atoms with E-state index in [4.69, 9.17) is 23.2 Å². The minimum Gasteiger partial charge on any atom is -0.339 e. The molecule has 2 nitrogen and oxygen atoms in total. The molecule has 0 atom stereocenters. The molecule has 0 saturated heterocycles. The Labute approximate surface area is 137 Å². The van der Waals surface area contributed by atoms with Crippen molar-refractivity contribution in [1.82, 2.24) is 4.90 Å². The van der Waals surface area contributed by atoms with Crippen molar-refractivity contribution in [3.8, 4) is 0 Å². The van der Waals surface area contributed by atoms with Crippen molar-refractivity contribution in [2.45, 2.75) is 39.5 Å². The molecule has 0 saturated carbocycles. The molecule has 0 aliphatic carbocycles. The molecule has 0 spiro atoms. The van der Waals surface area contributed by atoms with Crippen LogP contribution in [-0.4, -0.2) is 23.9 Å². The van der Waals surface area contributed by atoms with E-state index < -0.39 is 0 Å². The number of hydrogen-bond donors (Lipinski definition) is 0. The summed E-state index contributed by atoms with van der Waals surface area (Å²) >= 11 is 11.8. The molecule has 116 valence electrons. The second kappa shape index (κ2) is 9.86. The predicted molar refractivity (Wildman–Crippen MR) is 91.9 cm³/mol. The molecule has 0 N–H and O–H groups in total. The molecular weight excluding hydrogens is 305 g/mol. The van der Waals surface area contributed by atoms with Gasteiger partial charge in [-0.1, -0.05) is 56.0 Å². The van der Waals surface area contributed by atoms with Crippen molar-refractivity contribution in [2.24, 2.45) is 0 Å². The van der Waals surface area contributed by atoms with Gasteiger partial charge in [-0.3, -0.25) is 4.79 Å². The van der Waals surface area contributed by atoms with E-state index in [-0.39, 0.29) is 5.91 Å². The predicted octanol–water partition coefficient (Wildman–Crippen LogP) is 5.44. The Kier molecular flexibility index (Phi) is 8.48. The Balaban J connectivity index is 2.69. The van der Waals surface area contributed by atoms with Crippen molar-refractivity contribution < 1.29 is 4.79 Å². The summed E-state index contributed by atoms with van der Waals surface area (Å²) < 4.78 is 0. The Morgan fingerprint density at radius 3 is 2.24 bits per heavy atom. The van der Waals surface area contributed by atoms with Crippen molar-refractivity contribution in [1.29, 1.82) is 0 Å². The number of carbonyl (C=O) groups is 1. The van der Waals surface area contributed by atoms with Gasteiger partial charge < -0.3 is 4.90 Å². The van der Waals surface area contributed by atoms with Crippen molar-refractivity contribution in [3.05, 3.63) is 39.9 Å². The summed E-state index contributed by atoms with van der Waals surface area (Å²) in [4.78, 5) is 14.2. The minimum atomic E-state index is 0.0583. The summed E-state index contributed by atoms with van der Waals surface area (Å²) in [6.07, 6.45) is 7.66. The smallest absolute Gasteiger partial charge is 0.246 e. The first-order valence-electron chi connectivity index (χ1n) is 7.50. The Morgan fingerprint density at radius 1 is 1.10 bits per heavy atom. The molecule has 0 fully saturated rings. The Bertz CT molecular complexity index is 478. The maximum atomic E-state index is 12.3. The van der Waals surface area contributed by atoms with Crippen LogP contribution in [0.1, 0.15) is 45.1 Å². The second-order valence-electron chi connectivity index (χ2n) is 5.04. The number of benzene rings is 1. The van der Waals surface area contributed by atoms with Crippen LogP contribution in [0.15, 0.2) is 24.3 Å². The normalized spacial score (nSPS) is 11.0. The van der Waals surface area contributed by atoms with Gasteiger partial charge in [-0.15, -0.1) is 0 Å². The van der Waals surface area contributed by atoms with Crippen molar-refractivity contribution in [2.75, 3.05) is 13.1 Å². The van der Waals surface area contributed by atoms with Crippen LogP contribution in [-0.2, 0) is 4.79 Å². The number of halogens is 2. The summed E-state index contributed by atoms with van der Waals surface area (Å²) in [6.45, 7) is 5.91. The fourth-order valence-electron chi connectivity index (χ4n) is 1.92. The number of hydrogen-bond acceptors (Lipinski definition) is 1. The fourth-order valence-corrected chi connectivity index (χ4v) is 2.23. The largest absolute Gasteiger partial charge is 0.339 e. The van der Waals surface area contributed by atoms with Crippen molar-refractivity contribution in [3.63, 3.8) is 0 Å². The second-order valence-corrected chi connectivity index (χ2v) is 5.85. The average molecular weight is 328 g/mol. The molecule has 4 heteroatoms. The molecule has 0 aromatic heterocycles. The first kappa shape index (κ1) is 18.1. The first-order chi connectivity index (χ1) is 10.1. The molecule has 0 radical (unpaired) electrons. The van der Waals surface area contributed by atoms with Crippen molar-refractivity contribution >= 4 is 35.2 Å². The lowest BCUT2D eigenvalue weighted by atomic mass is 10.2. The zero-order valence-electron chi connectivity index (χ0n) is 12.7. The van der Waals surface area contributed by atoms with Gasteiger partial charge in [0.15, 0.2) is 0 Å². The molecule has 0 heterocycles. The molecule has 1 aromatic rings. The maximum Gasteiger partial charge on any atom is 0.246 e. The minimum absolute atomic E-state index is 0.0583. The van der Waals surface area contributed by atoms with E-state index in [1.165, 1.54) is 0 Å². The van der Waals surface area contributed by atoms with Gasteiger partial charge in [0.25, 0.3) is 0 Å². The molecule has 1 amide bonds. The van der Waals surface area contributed by atoms with Gasteiger partial charge >= 0.3 is 0 Å². The highest BCUT2D eigenvalue weighted by Crippen LogP contribution is 2.23. The van der Waals surface area contributed by atoms with Gasteiger partial charge in [0.1, 0.15) is 0 Å². The standard InChI is InChI=1S/C17H23Cl2NO/c1-3-5-11-20(12-6-4-2)17(21)10-8-14-7-9-15(18)16(19)13-14/h7-10,13H,3-6,11-12H2,1-2H3/b10-8+. The van der Waals surface area contributed by atoms with E-state index in [0.717, 1.165) is 44.3 Å². The summed E-state index contributed by atoms with van der Waals surface area (Å²) in [5.41, 5.74) is 0.878. The monoisotopic (exact) mass is 327 g/mol. The first-order valence-corrected chi connectivity index (χ1v) is 8.26. The lowest BCUT2D eigenvalue weighted by Crippen LogP contribution is -2.31. The quantitative estimate of drug-likeness (QED) is 0.582. The van der Waals surface area contributed by atoms with Gasteiger partial charge in [0, 0.05) is 19.2 Å². The van der Waals surface area contributed by atoms with Crippen LogP contribution in [0.2, 0.25) is 10.0 Å². The third-order valence-corrected chi connectivity index (χ3v) is 3.98. The lowest BCUT2D eigenvalue weighted by molar-refractivity contribution is -0.126. The number of rotatable bonds is 8. The number of carbonyl (C=O) groups excluding carboxylic acids is 1. The van der Waals surface area contributed by atoms with E-state index in [1.807, 2.05) is 11.0 Å². The highest BCUT2D eigenvalue weighted by atomic mass is 35.5. The maximum absolute atomic E-state index is 12.3. The van der Waals surface area contributed by atoms with Crippen LogP contribution in [0.4, 0.5) is 0 Å². The molecular formula is C17H23Cl2NO. The summed E-state index contributed by atoms with van der Waals surface area (Å²) in [6, 6.07) is 5.34. The van der Waals surface area contributed by atoms with Crippen LogP contribution in [0, 0.1) is 0 Å². The molecule has 1 aromatic carbocycles. The van der Waals surface area contributed by atoms with Gasteiger partial charge in [0.05, 0.1) is 10.0 Å². The summed E-state index contributed by atoms with van der Waals surface area (Å²) in [7, 11) is 0. The molecule has 1 rings (SSSR count). The Morgan fingerprint density at radius 2 is 1.71 bits per heavy atom. The highest BCUT2D eigenvalue weighted by molar-refractivity contribution is 6.42. The van der Waals surface area contributed by atoms with Gasteiger partial charge in [-0.05, 0) is 36.6 Å². The Hall–Kier alpha value is -0.990. The third kappa shape index (κ3) is 6.54. The fraction of sp³-hybridized carbons (Fsp3) is 0.471. The van der Waals surface area contributed by atoms with Crippen LogP contribution in [0.3, 0.4) is 0 Å². The van der Waals surface area contributed by atoms with Gasteiger partial charge in [0.2, 0.25) is 5.91 Å². The zero-order chi connectivity index (χ0) is 15.7. The SMILES string of the molecule is CCCCN(CCCC)C(=O)/C=C/c1ccc(Cl)c(Cl)c1. The molecule has 0 aliphatic heterocycles. The van der Waals surface area contributed by atoms with E-state index in [1.54, 1.807) is 24.3 Å². The average Bonchev–Trinajstić information content (AvgIpc) is 2.48. The molecule has 0 unspecified atom stereocenters. The van der Waals surface area contributed by atoms with E-state index >= 15 is 0 Å². The number of nitrogens with zero attached hydrogens (tertiary/aromatic N) is 1. The van der Waals surface area contributed by atoms with Crippen LogP contribution >= 0.6 is 23.2 Å². The third-order valence-electron chi connectivity index (χ3n) is 3.24. The van der Waals surface area contributed by atoms with Crippen LogP contribution < -0.4 is 0 Å². The van der Waals surface area contributed by atoms with E-state index in [9.17, 15) is 4.79 Å². The number of unbranched alkanes of at least 4 members (excludes halogenated alkanes) is 2. The van der Waals surface area contributed by atoms with Crippen LogP contribution in [0.5, 0.6) is 0 Å². The lowest BCUT2D eigenvalue weighted by Gasteiger charge is -2.20. The molecule has 21 heavy (non-hydrogen) atoms. The summed E-state index contributed by atoms with van der Waals surface area (Å²) in [5, 5.41) is 1.02. The van der Waals surface area contributed by atoms with Gasteiger partial charge in [-0.2, -0.15) is 0 Å². The molecule has 0 bridgehead atoms. The van der Waals surface area contributed by atoms with E-state index in [0.29, 0.717) is 10.0 Å². The van der Waals surface area contributed by atoms with E-state index in [2.05, 4.69) is 13.8 Å². The number of amides is 1. The van der Waals surface area contributed by atoms with Crippen LogP contribution in [0.25, 0.3) is 6.08 Å². The zero-order valence-corrected chi connectivity index (χ0v) is 14.3. The van der Waals surface area contributed by atoms with Gasteiger partial charge in [-0.25, -0.2) is 0 Å². The topological polar surface area (TPSA) is 20.3 Å². The summed E-state index contributed by atoms with van der Waals surface area (Å²) in [5.74, 6) is 0.0583. The molecule has 0 aliphatic rings. The highest BCUT2D eigenvalue weighted by Gasteiger charge is 2.09.